The van der Waals surface area contributed by atoms with Gasteiger partial charge in [-0.3, -0.25) is 4.79 Å². The molecule has 0 aromatic carbocycles. The third-order valence-corrected chi connectivity index (χ3v) is 4.36. The predicted molar refractivity (Wildman–Crippen MR) is 62.3 cm³/mol. The number of carbonyl (C=O) groups excluding carboxylic acids is 1. The van der Waals surface area contributed by atoms with E-state index in [4.69, 9.17) is 14.7 Å². The summed E-state index contributed by atoms with van der Waals surface area (Å²) in [6.45, 7) is 1.51. The molecule has 18 heavy (non-hydrogen) atoms. The third kappa shape index (κ3) is 1.56. The SMILES string of the molecule is N#CCCN1C(=O)C2(OCCO2)[C@@H]2CCCC[C@H]21. The van der Waals surface area contributed by atoms with Gasteiger partial charge in [0.15, 0.2) is 0 Å². The van der Waals surface area contributed by atoms with Crippen LogP contribution in [0.25, 0.3) is 0 Å². The zero-order valence-corrected chi connectivity index (χ0v) is 10.4. The summed E-state index contributed by atoms with van der Waals surface area (Å²) in [5, 5.41) is 8.72. The molecule has 5 nitrogen and oxygen atoms in total. The number of fused-ring (bicyclic) bond motifs is 2. The molecule has 0 radical (unpaired) electrons. The number of nitrogens with zero attached hydrogens (tertiary/aromatic N) is 2. The summed E-state index contributed by atoms with van der Waals surface area (Å²) in [5.41, 5.74) is 0. The second-order valence-electron chi connectivity index (χ2n) is 5.23. The molecule has 5 heteroatoms. The largest absolute Gasteiger partial charge is 0.339 e. The van der Waals surface area contributed by atoms with Crippen LogP contribution in [0, 0.1) is 17.2 Å². The van der Waals surface area contributed by atoms with Crippen molar-refractivity contribution in [3.63, 3.8) is 0 Å². The lowest BCUT2D eigenvalue weighted by molar-refractivity contribution is -0.194. The lowest BCUT2D eigenvalue weighted by atomic mass is 9.82. The third-order valence-electron chi connectivity index (χ3n) is 4.36. The van der Waals surface area contributed by atoms with Gasteiger partial charge in [-0.1, -0.05) is 12.8 Å². The first kappa shape index (κ1) is 11.9. The second-order valence-corrected chi connectivity index (χ2v) is 5.23. The van der Waals surface area contributed by atoms with E-state index in [9.17, 15) is 4.79 Å². The summed E-state index contributed by atoms with van der Waals surface area (Å²) in [5.74, 6) is -0.910. The first-order valence-electron chi connectivity index (χ1n) is 6.75. The van der Waals surface area contributed by atoms with Crippen molar-refractivity contribution in [1.82, 2.24) is 4.90 Å². The minimum Gasteiger partial charge on any atom is -0.339 e. The number of hydrogen-bond donors (Lipinski definition) is 0. The second kappa shape index (κ2) is 4.52. The van der Waals surface area contributed by atoms with Crippen molar-refractivity contribution in [3.8, 4) is 6.07 Å². The highest BCUT2D eigenvalue weighted by atomic mass is 16.7. The molecule has 3 rings (SSSR count). The number of likely N-dealkylation sites (tertiary alicyclic amines) is 1. The number of nitriles is 1. The van der Waals surface area contributed by atoms with Gasteiger partial charge in [0, 0.05) is 18.5 Å². The van der Waals surface area contributed by atoms with Crippen molar-refractivity contribution in [2.45, 2.75) is 43.9 Å². The summed E-state index contributed by atoms with van der Waals surface area (Å²) in [6.07, 6.45) is 4.66. The van der Waals surface area contributed by atoms with Gasteiger partial charge in [0.05, 0.1) is 25.7 Å². The van der Waals surface area contributed by atoms with E-state index in [1.807, 2.05) is 4.90 Å². The van der Waals surface area contributed by atoms with E-state index in [0.717, 1.165) is 25.7 Å². The molecule has 3 aliphatic rings. The Labute approximate surface area is 107 Å². The van der Waals surface area contributed by atoms with Gasteiger partial charge in [-0.15, -0.1) is 0 Å². The van der Waals surface area contributed by atoms with Crippen LogP contribution in [-0.2, 0) is 14.3 Å². The Kier molecular flexibility index (Phi) is 3.00. The molecule has 2 atom stereocenters. The number of rotatable bonds is 2. The zero-order chi connectivity index (χ0) is 12.6. The molecule has 1 spiro atoms. The maximum atomic E-state index is 12.6. The van der Waals surface area contributed by atoms with Crippen LogP contribution < -0.4 is 0 Å². The van der Waals surface area contributed by atoms with Gasteiger partial charge >= 0.3 is 0 Å². The quantitative estimate of drug-likeness (QED) is 0.734. The topological polar surface area (TPSA) is 62.6 Å². The van der Waals surface area contributed by atoms with E-state index in [-0.39, 0.29) is 17.9 Å². The Morgan fingerprint density at radius 1 is 1.33 bits per heavy atom. The van der Waals surface area contributed by atoms with Crippen LogP contribution in [0.2, 0.25) is 0 Å². The molecule has 1 amide bonds. The molecule has 98 valence electrons. The number of ether oxygens (including phenoxy) is 2. The van der Waals surface area contributed by atoms with Crippen molar-refractivity contribution in [3.05, 3.63) is 0 Å². The summed E-state index contributed by atoms with van der Waals surface area (Å²) in [4.78, 5) is 14.4. The van der Waals surface area contributed by atoms with E-state index in [2.05, 4.69) is 6.07 Å². The fourth-order valence-electron chi connectivity index (χ4n) is 3.64. The molecule has 1 aliphatic carbocycles. The van der Waals surface area contributed by atoms with Crippen molar-refractivity contribution in [2.24, 2.45) is 5.92 Å². The van der Waals surface area contributed by atoms with Crippen molar-refractivity contribution < 1.29 is 14.3 Å². The van der Waals surface area contributed by atoms with Crippen LogP contribution >= 0.6 is 0 Å². The maximum absolute atomic E-state index is 12.6. The fraction of sp³-hybridized carbons (Fsp3) is 0.846. The van der Waals surface area contributed by atoms with Gasteiger partial charge in [0.2, 0.25) is 0 Å². The maximum Gasteiger partial charge on any atom is 0.283 e. The van der Waals surface area contributed by atoms with Crippen LogP contribution in [0.4, 0.5) is 0 Å². The normalized spacial score (nSPS) is 33.7. The van der Waals surface area contributed by atoms with Crippen LogP contribution in [0.5, 0.6) is 0 Å². The molecule has 1 saturated carbocycles. The predicted octanol–water partition coefficient (Wildman–Crippen LogP) is 1.04. The highest BCUT2D eigenvalue weighted by Gasteiger charge is 2.63. The molecule has 2 saturated heterocycles. The van der Waals surface area contributed by atoms with Crippen LogP contribution in [0.1, 0.15) is 32.1 Å². The van der Waals surface area contributed by atoms with E-state index in [1.165, 1.54) is 0 Å². The van der Waals surface area contributed by atoms with Crippen molar-refractivity contribution >= 4 is 5.91 Å². The number of amides is 1. The Morgan fingerprint density at radius 2 is 2.06 bits per heavy atom. The van der Waals surface area contributed by atoms with E-state index in [1.54, 1.807) is 0 Å². The lowest BCUT2D eigenvalue weighted by Gasteiger charge is -2.32. The van der Waals surface area contributed by atoms with Crippen molar-refractivity contribution in [2.75, 3.05) is 19.8 Å². The van der Waals surface area contributed by atoms with Crippen LogP contribution in [0.15, 0.2) is 0 Å². The fourth-order valence-corrected chi connectivity index (χ4v) is 3.64. The van der Waals surface area contributed by atoms with Gasteiger partial charge in [0.1, 0.15) is 0 Å². The molecular formula is C13H18N2O3. The average molecular weight is 250 g/mol. The highest BCUT2D eigenvalue weighted by Crippen LogP contribution is 2.47. The zero-order valence-electron chi connectivity index (χ0n) is 10.4. The molecule has 0 N–H and O–H groups in total. The minimum absolute atomic E-state index is 0.0489. The Balaban J connectivity index is 1.88. The summed E-state index contributed by atoms with van der Waals surface area (Å²) in [7, 11) is 0. The van der Waals surface area contributed by atoms with Gasteiger partial charge in [-0.25, -0.2) is 0 Å². The monoisotopic (exact) mass is 250 g/mol. The minimum atomic E-state index is -1.01. The first-order chi connectivity index (χ1) is 8.79. The van der Waals surface area contributed by atoms with E-state index < -0.39 is 5.79 Å². The molecule has 0 aromatic heterocycles. The van der Waals surface area contributed by atoms with Gasteiger partial charge < -0.3 is 14.4 Å². The molecule has 3 fully saturated rings. The lowest BCUT2D eigenvalue weighted by Crippen LogP contribution is -2.44. The number of carbonyl (C=O) groups is 1. The summed E-state index contributed by atoms with van der Waals surface area (Å²) >= 11 is 0. The molecule has 2 aliphatic heterocycles. The summed E-state index contributed by atoms with van der Waals surface area (Å²) in [6, 6.07) is 2.32. The van der Waals surface area contributed by atoms with Crippen molar-refractivity contribution in [1.29, 1.82) is 5.26 Å². The molecule has 0 bridgehead atoms. The molecular weight excluding hydrogens is 232 g/mol. The Bertz CT molecular complexity index is 384. The molecule has 2 heterocycles. The standard InChI is InChI=1S/C13H18N2O3/c14-6-3-7-15-11-5-2-1-4-10(11)13(12(15)16)17-8-9-18-13/h10-11H,1-5,7-9H2/t10-,11-/m1/s1. The Hall–Kier alpha value is -1.12. The molecule has 0 aromatic rings. The van der Waals surface area contributed by atoms with Crippen LogP contribution in [-0.4, -0.2) is 42.4 Å². The highest BCUT2D eigenvalue weighted by molar-refractivity contribution is 5.87. The van der Waals surface area contributed by atoms with Crippen LogP contribution in [0.3, 0.4) is 0 Å². The molecule has 0 unspecified atom stereocenters. The number of hydrogen-bond acceptors (Lipinski definition) is 4. The first-order valence-corrected chi connectivity index (χ1v) is 6.75. The Morgan fingerprint density at radius 3 is 2.78 bits per heavy atom. The smallest absolute Gasteiger partial charge is 0.283 e. The van der Waals surface area contributed by atoms with Gasteiger partial charge in [-0.05, 0) is 12.8 Å². The van der Waals surface area contributed by atoms with E-state index in [0.29, 0.717) is 26.2 Å². The van der Waals surface area contributed by atoms with Gasteiger partial charge in [0.25, 0.3) is 11.7 Å². The van der Waals surface area contributed by atoms with E-state index >= 15 is 0 Å². The van der Waals surface area contributed by atoms with Gasteiger partial charge in [-0.2, -0.15) is 5.26 Å². The average Bonchev–Trinajstić information content (AvgIpc) is 2.97. The summed E-state index contributed by atoms with van der Waals surface area (Å²) < 4.78 is 11.4.